The second kappa shape index (κ2) is 4.87. The number of nitrogens with two attached hydrogens (primary N) is 1. The molecule has 1 aliphatic rings. The van der Waals surface area contributed by atoms with Crippen LogP contribution in [0.3, 0.4) is 0 Å². The highest BCUT2D eigenvalue weighted by Gasteiger charge is 2.67. The van der Waals surface area contributed by atoms with Gasteiger partial charge < -0.3 is 25.8 Å². The minimum Gasteiger partial charge on any atom is -0.394 e. The number of aliphatic hydroxyl groups excluding tert-OH is 2. The van der Waals surface area contributed by atoms with Gasteiger partial charge in [0.15, 0.2) is 11.5 Å². The van der Waals surface area contributed by atoms with Crippen LogP contribution in [0.15, 0.2) is 12.5 Å². The highest BCUT2D eigenvalue weighted by molar-refractivity contribution is 5.60. The predicted octanol–water partition coefficient (Wildman–Crippen LogP) is -2.46. The third kappa shape index (κ3) is 1.69. The molecule has 2 aromatic rings. The number of imidazole rings is 1. The average Bonchev–Trinajstić information content (AvgIpc) is 3.09. The third-order valence-electron chi connectivity index (χ3n) is 3.89. The van der Waals surface area contributed by atoms with Crippen LogP contribution >= 0.6 is 0 Å². The third-order valence-corrected chi connectivity index (χ3v) is 3.89. The quantitative estimate of drug-likeness (QED) is 0.440. The maximum atomic E-state index is 10.7. The van der Waals surface area contributed by atoms with Crippen LogP contribution in [0.4, 0.5) is 5.82 Å². The van der Waals surface area contributed by atoms with Crippen LogP contribution < -0.4 is 5.73 Å². The predicted molar refractivity (Wildman–Crippen MR) is 74.2 cm³/mol. The molecule has 1 fully saturated rings. The van der Waals surface area contributed by atoms with Crippen molar-refractivity contribution >= 4 is 11.5 Å². The van der Waals surface area contributed by atoms with Crippen molar-refractivity contribution in [2.45, 2.75) is 23.4 Å². The van der Waals surface area contributed by atoms with E-state index in [-0.39, 0.29) is 17.2 Å². The van der Waals surface area contributed by atoms with Gasteiger partial charge in [0.2, 0.25) is 11.2 Å². The van der Waals surface area contributed by atoms with Crippen LogP contribution in [0.2, 0.25) is 0 Å². The molecule has 4 atom stereocenters. The molecule has 0 aliphatic carbocycles. The number of nitrogens with zero attached hydrogens (tertiary/aromatic N) is 5. The highest BCUT2D eigenvalue weighted by atomic mass is 16.6. The van der Waals surface area contributed by atoms with Crippen LogP contribution in [-0.2, 0) is 10.3 Å². The molecule has 3 rings (SSSR count). The number of fused-ring (bicyclic) bond motifs is 1. The first kappa shape index (κ1) is 15.1. The SMILES string of the molecule is C#C[C@@]1(O)[C@H](O)[C@@H](CO)O[C@@]1(C#N)c1cnc2c(N)ncnn12. The molecule has 0 bridgehead atoms. The maximum Gasteiger partial charge on any atom is 0.241 e. The van der Waals surface area contributed by atoms with E-state index in [1.165, 1.54) is 6.20 Å². The molecule has 3 heterocycles. The molecule has 5 N–H and O–H groups in total. The Morgan fingerprint density at radius 1 is 1.52 bits per heavy atom. The monoisotopic (exact) mass is 316 g/mol. The van der Waals surface area contributed by atoms with E-state index >= 15 is 0 Å². The first-order valence-electron chi connectivity index (χ1n) is 6.48. The molecular weight excluding hydrogens is 304 g/mol. The van der Waals surface area contributed by atoms with E-state index in [0.717, 1.165) is 10.8 Å². The summed E-state index contributed by atoms with van der Waals surface area (Å²) in [7, 11) is 0. The van der Waals surface area contributed by atoms with Crippen molar-refractivity contribution in [3.8, 4) is 18.4 Å². The molecule has 1 saturated heterocycles. The molecule has 118 valence electrons. The topological polar surface area (TPSA) is 163 Å². The number of rotatable bonds is 2. The average molecular weight is 316 g/mol. The van der Waals surface area contributed by atoms with Crippen molar-refractivity contribution in [1.29, 1.82) is 5.26 Å². The lowest BCUT2D eigenvalue weighted by atomic mass is 9.79. The molecule has 0 radical (unpaired) electrons. The number of anilines is 1. The van der Waals surface area contributed by atoms with Crippen LogP contribution in [0.5, 0.6) is 0 Å². The largest absolute Gasteiger partial charge is 0.394 e. The summed E-state index contributed by atoms with van der Waals surface area (Å²) in [5, 5.41) is 43.8. The van der Waals surface area contributed by atoms with Gasteiger partial charge in [0.05, 0.1) is 12.8 Å². The number of nitrogen functional groups attached to an aromatic ring is 1. The van der Waals surface area contributed by atoms with E-state index < -0.39 is 30.0 Å². The van der Waals surface area contributed by atoms with E-state index in [1.54, 1.807) is 6.07 Å². The molecule has 0 aromatic carbocycles. The van der Waals surface area contributed by atoms with Crippen LogP contribution in [-0.4, -0.2) is 59.3 Å². The number of hydrogen-bond acceptors (Lipinski definition) is 9. The molecule has 0 saturated carbocycles. The maximum absolute atomic E-state index is 10.7. The van der Waals surface area contributed by atoms with Gasteiger partial charge >= 0.3 is 0 Å². The van der Waals surface area contributed by atoms with Crippen molar-refractivity contribution in [1.82, 2.24) is 19.6 Å². The van der Waals surface area contributed by atoms with E-state index in [1.807, 2.05) is 5.92 Å². The molecule has 0 unspecified atom stereocenters. The zero-order chi connectivity index (χ0) is 16.8. The van der Waals surface area contributed by atoms with Crippen molar-refractivity contribution in [3.63, 3.8) is 0 Å². The van der Waals surface area contributed by atoms with Gasteiger partial charge in [-0.25, -0.2) is 14.5 Å². The second-order valence-corrected chi connectivity index (χ2v) is 5.01. The summed E-state index contributed by atoms with van der Waals surface area (Å²) < 4.78 is 6.58. The normalized spacial score (nSPS) is 33.4. The Morgan fingerprint density at radius 3 is 2.87 bits per heavy atom. The van der Waals surface area contributed by atoms with Crippen molar-refractivity contribution in [2.75, 3.05) is 12.3 Å². The minimum atomic E-state index is -2.43. The van der Waals surface area contributed by atoms with Crippen molar-refractivity contribution in [3.05, 3.63) is 18.2 Å². The molecule has 0 spiro atoms. The van der Waals surface area contributed by atoms with Gasteiger partial charge in [-0.1, -0.05) is 5.92 Å². The summed E-state index contributed by atoms with van der Waals surface area (Å²) in [5.41, 5.74) is 1.14. The van der Waals surface area contributed by atoms with Gasteiger partial charge in [-0.05, 0) is 0 Å². The highest BCUT2D eigenvalue weighted by Crippen LogP contribution is 2.46. The summed E-state index contributed by atoms with van der Waals surface area (Å²) in [5.74, 6) is 2.04. The Kier molecular flexibility index (Phi) is 3.21. The van der Waals surface area contributed by atoms with Gasteiger partial charge in [-0.2, -0.15) is 10.4 Å². The van der Waals surface area contributed by atoms with E-state index in [9.17, 15) is 20.6 Å². The zero-order valence-electron chi connectivity index (χ0n) is 11.7. The number of aliphatic hydroxyl groups is 3. The number of ether oxygens (including phenoxy) is 1. The number of terminal acetylenes is 1. The van der Waals surface area contributed by atoms with Gasteiger partial charge in [0.25, 0.3) is 0 Å². The number of nitriles is 1. The van der Waals surface area contributed by atoms with E-state index in [4.69, 9.17) is 16.9 Å². The lowest BCUT2D eigenvalue weighted by Crippen LogP contribution is -2.53. The summed E-state index contributed by atoms with van der Waals surface area (Å²) >= 11 is 0. The van der Waals surface area contributed by atoms with Crippen molar-refractivity contribution in [2.24, 2.45) is 0 Å². The zero-order valence-corrected chi connectivity index (χ0v) is 11.7. The first-order chi connectivity index (χ1) is 10.9. The lowest BCUT2D eigenvalue weighted by Gasteiger charge is -2.31. The standard InChI is InChI=1S/C13H12N6O4/c1-2-12(22)9(21)7(4-20)23-13(12,5-14)8-3-16-11-10(15)17-6-18-19(8)11/h1,3,6-7,9,20-22H,4H2,(H2,15,17,18)/t7-,9-,12-,13+/m1/s1. The first-order valence-corrected chi connectivity index (χ1v) is 6.48. The number of aromatic nitrogens is 4. The Hall–Kier alpha value is -2.76. The molecule has 2 aromatic heterocycles. The van der Waals surface area contributed by atoms with Gasteiger partial charge in [0.1, 0.15) is 30.3 Å². The summed E-state index contributed by atoms with van der Waals surface area (Å²) in [6.07, 6.45) is 4.71. The minimum absolute atomic E-state index is 0.0421. The molecule has 23 heavy (non-hydrogen) atoms. The van der Waals surface area contributed by atoms with Gasteiger partial charge in [-0.3, -0.25) is 0 Å². The molecule has 10 nitrogen and oxygen atoms in total. The van der Waals surface area contributed by atoms with E-state index in [0.29, 0.717) is 0 Å². The van der Waals surface area contributed by atoms with Crippen LogP contribution in [0, 0.1) is 23.7 Å². The molecule has 0 amide bonds. The van der Waals surface area contributed by atoms with Crippen molar-refractivity contribution < 1.29 is 20.1 Å². The Labute approximate surface area is 129 Å². The molecular formula is C13H12N6O4. The fourth-order valence-electron chi connectivity index (χ4n) is 2.68. The van der Waals surface area contributed by atoms with Crippen LogP contribution in [0.25, 0.3) is 5.65 Å². The number of hydrogen-bond donors (Lipinski definition) is 4. The Bertz CT molecular complexity index is 854. The Balaban J connectivity index is 2.31. The van der Waals surface area contributed by atoms with E-state index in [2.05, 4.69) is 15.1 Å². The molecule has 10 heteroatoms. The molecule has 1 aliphatic heterocycles. The second-order valence-electron chi connectivity index (χ2n) is 5.01. The Morgan fingerprint density at radius 2 is 2.26 bits per heavy atom. The summed E-state index contributed by atoms with van der Waals surface area (Å²) in [4.78, 5) is 7.76. The summed E-state index contributed by atoms with van der Waals surface area (Å²) in [6, 6.07) is 1.78. The van der Waals surface area contributed by atoms with Crippen LogP contribution in [0.1, 0.15) is 5.69 Å². The summed E-state index contributed by atoms with van der Waals surface area (Å²) in [6.45, 7) is -0.650. The smallest absolute Gasteiger partial charge is 0.241 e. The van der Waals surface area contributed by atoms with Gasteiger partial charge in [0, 0.05) is 0 Å². The fourth-order valence-corrected chi connectivity index (χ4v) is 2.68. The fraction of sp³-hybridized carbons (Fsp3) is 0.385. The van der Waals surface area contributed by atoms with Gasteiger partial charge in [-0.15, -0.1) is 6.42 Å². The lowest BCUT2D eigenvalue weighted by molar-refractivity contribution is -0.0875.